The van der Waals surface area contributed by atoms with Gasteiger partial charge in [-0.2, -0.15) is 5.26 Å². The molecule has 1 aromatic heterocycles. The van der Waals surface area contributed by atoms with Crippen LogP contribution >= 0.6 is 0 Å². The lowest BCUT2D eigenvalue weighted by atomic mass is 9.90. The summed E-state index contributed by atoms with van der Waals surface area (Å²) in [6.07, 6.45) is 1.56. The van der Waals surface area contributed by atoms with Gasteiger partial charge in [0.1, 0.15) is 11.3 Å². The number of ether oxygens (including phenoxy) is 1. The Balaban J connectivity index is 1.82. The third-order valence-corrected chi connectivity index (χ3v) is 4.61. The lowest BCUT2D eigenvalue weighted by Crippen LogP contribution is -2.50. The van der Waals surface area contributed by atoms with Crippen molar-refractivity contribution in [3.8, 4) is 6.07 Å². The van der Waals surface area contributed by atoms with Gasteiger partial charge in [0.05, 0.1) is 24.8 Å². The number of furan rings is 1. The molecule has 2 heterocycles. The van der Waals surface area contributed by atoms with Gasteiger partial charge in [0.25, 0.3) is 5.91 Å². The molecular formula is C18H23N3O5. The fourth-order valence-electron chi connectivity index (χ4n) is 2.56. The first kappa shape index (κ1) is 19.5. The van der Waals surface area contributed by atoms with E-state index in [1.54, 1.807) is 19.1 Å². The zero-order chi connectivity index (χ0) is 19.3. The number of hydrogen-bond acceptors (Lipinski definition) is 6. The van der Waals surface area contributed by atoms with Crippen molar-refractivity contribution >= 4 is 17.8 Å². The summed E-state index contributed by atoms with van der Waals surface area (Å²) < 4.78 is 10.2. The fraction of sp³-hybridized carbons (Fsp3) is 0.556. The SMILES string of the molecule is CC(C)[C@](C)(C#N)NC(=O)COC(=O)[C@@H]1CC(=O)N(Cc2ccco2)C1. The highest BCUT2D eigenvalue weighted by Gasteiger charge is 2.36. The molecule has 1 aliphatic rings. The van der Waals surface area contributed by atoms with Crippen LogP contribution in [0, 0.1) is 23.2 Å². The second kappa shape index (κ2) is 8.04. The Bertz CT molecular complexity index is 707. The minimum Gasteiger partial charge on any atom is -0.467 e. The van der Waals surface area contributed by atoms with E-state index in [1.165, 1.54) is 11.2 Å². The van der Waals surface area contributed by atoms with Crippen molar-refractivity contribution in [1.29, 1.82) is 5.26 Å². The van der Waals surface area contributed by atoms with E-state index in [0.29, 0.717) is 12.3 Å². The number of nitriles is 1. The molecule has 2 rings (SSSR count). The third-order valence-electron chi connectivity index (χ3n) is 4.61. The molecule has 140 valence electrons. The smallest absolute Gasteiger partial charge is 0.311 e. The number of nitrogens with zero attached hydrogens (tertiary/aromatic N) is 2. The minimum absolute atomic E-state index is 0.0447. The van der Waals surface area contributed by atoms with Gasteiger partial charge in [0.2, 0.25) is 5.91 Å². The van der Waals surface area contributed by atoms with Crippen LogP contribution < -0.4 is 5.32 Å². The topological polar surface area (TPSA) is 113 Å². The fourth-order valence-corrected chi connectivity index (χ4v) is 2.56. The van der Waals surface area contributed by atoms with E-state index in [0.717, 1.165) is 0 Å². The summed E-state index contributed by atoms with van der Waals surface area (Å²) in [6.45, 7) is 5.28. The Labute approximate surface area is 152 Å². The Morgan fingerprint density at radius 1 is 1.54 bits per heavy atom. The minimum atomic E-state index is -1.04. The molecule has 2 amide bonds. The number of rotatable bonds is 7. The second-order valence-corrected chi connectivity index (χ2v) is 6.88. The number of nitrogens with one attached hydrogen (secondary N) is 1. The molecule has 1 aliphatic heterocycles. The molecule has 8 heteroatoms. The van der Waals surface area contributed by atoms with Crippen LogP contribution in [-0.4, -0.2) is 41.4 Å². The van der Waals surface area contributed by atoms with Crippen molar-refractivity contribution < 1.29 is 23.5 Å². The van der Waals surface area contributed by atoms with Crippen LogP contribution in [0.5, 0.6) is 0 Å². The van der Waals surface area contributed by atoms with Gasteiger partial charge in [-0.15, -0.1) is 0 Å². The molecule has 8 nitrogen and oxygen atoms in total. The molecule has 0 radical (unpaired) electrons. The van der Waals surface area contributed by atoms with Crippen LogP contribution in [0.25, 0.3) is 0 Å². The molecule has 1 fully saturated rings. The molecule has 1 N–H and O–H groups in total. The summed E-state index contributed by atoms with van der Waals surface area (Å²) in [5, 5.41) is 11.8. The molecule has 0 saturated carbocycles. The van der Waals surface area contributed by atoms with E-state index < -0.39 is 29.9 Å². The largest absolute Gasteiger partial charge is 0.467 e. The Morgan fingerprint density at radius 3 is 2.85 bits per heavy atom. The van der Waals surface area contributed by atoms with E-state index in [-0.39, 0.29) is 24.8 Å². The zero-order valence-corrected chi connectivity index (χ0v) is 15.2. The molecule has 0 spiro atoms. The molecule has 26 heavy (non-hydrogen) atoms. The monoisotopic (exact) mass is 361 g/mol. The summed E-state index contributed by atoms with van der Waals surface area (Å²) in [6, 6.07) is 5.53. The first-order valence-corrected chi connectivity index (χ1v) is 8.44. The van der Waals surface area contributed by atoms with Crippen molar-refractivity contribution in [2.75, 3.05) is 13.2 Å². The normalized spacial score (nSPS) is 19.1. The van der Waals surface area contributed by atoms with Crippen LogP contribution in [-0.2, 0) is 25.7 Å². The maximum Gasteiger partial charge on any atom is 0.311 e. The average molecular weight is 361 g/mol. The number of carbonyl (C=O) groups excluding carboxylic acids is 3. The van der Waals surface area contributed by atoms with Crippen LogP contribution in [0.4, 0.5) is 0 Å². The van der Waals surface area contributed by atoms with E-state index in [1.807, 2.05) is 13.8 Å². The number of amides is 2. The van der Waals surface area contributed by atoms with Gasteiger partial charge in [-0.05, 0) is 25.0 Å². The number of hydrogen-bond donors (Lipinski definition) is 1. The lowest BCUT2D eigenvalue weighted by Gasteiger charge is -2.27. The Hall–Kier alpha value is -2.82. The maximum atomic E-state index is 12.1. The van der Waals surface area contributed by atoms with Crippen molar-refractivity contribution in [3.63, 3.8) is 0 Å². The molecule has 0 aliphatic carbocycles. The Kier molecular flexibility index (Phi) is 6.03. The van der Waals surface area contributed by atoms with Gasteiger partial charge >= 0.3 is 5.97 Å². The summed E-state index contributed by atoms with van der Waals surface area (Å²) in [4.78, 5) is 37.6. The first-order chi connectivity index (χ1) is 12.2. The second-order valence-electron chi connectivity index (χ2n) is 6.88. The first-order valence-electron chi connectivity index (χ1n) is 8.44. The summed E-state index contributed by atoms with van der Waals surface area (Å²) >= 11 is 0. The van der Waals surface area contributed by atoms with Gasteiger partial charge in [0.15, 0.2) is 6.61 Å². The average Bonchev–Trinajstić information content (AvgIpc) is 3.23. The highest BCUT2D eigenvalue weighted by Crippen LogP contribution is 2.21. The van der Waals surface area contributed by atoms with Gasteiger partial charge in [-0.3, -0.25) is 14.4 Å². The standard InChI is InChI=1S/C18H23N3O5/c1-12(2)18(3,11-19)20-15(22)10-26-17(24)13-7-16(23)21(8-13)9-14-5-4-6-25-14/h4-6,12-13H,7-10H2,1-3H3,(H,20,22)/t13-,18+/m1/s1. The summed E-state index contributed by atoms with van der Waals surface area (Å²) in [5.41, 5.74) is -1.04. The van der Waals surface area contributed by atoms with Crippen molar-refractivity contribution in [3.05, 3.63) is 24.2 Å². The van der Waals surface area contributed by atoms with Crippen LogP contribution in [0.1, 0.15) is 33.0 Å². The van der Waals surface area contributed by atoms with E-state index >= 15 is 0 Å². The highest BCUT2D eigenvalue weighted by atomic mass is 16.5. The van der Waals surface area contributed by atoms with Crippen molar-refractivity contribution in [2.24, 2.45) is 11.8 Å². The van der Waals surface area contributed by atoms with Crippen molar-refractivity contribution in [2.45, 2.75) is 39.3 Å². The van der Waals surface area contributed by atoms with E-state index in [2.05, 4.69) is 11.4 Å². The molecular weight excluding hydrogens is 338 g/mol. The predicted octanol–water partition coefficient (Wildman–Crippen LogP) is 1.23. The van der Waals surface area contributed by atoms with E-state index in [4.69, 9.17) is 9.15 Å². The van der Waals surface area contributed by atoms with Crippen LogP contribution in [0.2, 0.25) is 0 Å². The zero-order valence-electron chi connectivity index (χ0n) is 15.2. The summed E-state index contributed by atoms with van der Waals surface area (Å²) in [5.74, 6) is -1.39. The number of likely N-dealkylation sites (tertiary alicyclic amines) is 1. The van der Waals surface area contributed by atoms with Crippen molar-refractivity contribution in [1.82, 2.24) is 10.2 Å². The maximum absolute atomic E-state index is 12.1. The quantitative estimate of drug-likeness (QED) is 0.731. The third kappa shape index (κ3) is 4.63. The molecule has 2 atom stereocenters. The molecule has 0 bridgehead atoms. The van der Waals surface area contributed by atoms with Gasteiger partial charge in [0, 0.05) is 13.0 Å². The predicted molar refractivity (Wildman–Crippen MR) is 90.2 cm³/mol. The van der Waals surface area contributed by atoms with Gasteiger partial charge in [-0.25, -0.2) is 0 Å². The summed E-state index contributed by atoms with van der Waals surface area (Å²) in [7, 11) is 0. The van der Waals surface area contributed by atoms with Crippen LogP contribution in [0.3, 0.4) is 0 Å². The highest BCUT2D eigenvalue weighted by molar-refractivity contribution is 5.88. The lowest BCUT2D eigenvalue weighted by molar-refractivity contribution is -0.152. The van der Waals surface area contributed by atoms with Gasteiger partial charge < -0.3 is 19.4 Å². The molecule has 0 unspecified atom stereocenters. The molecule has 1 saturated heterocycles. The number of carbonyl (C=O) groups is 3. The van der Waals surface area contributed by atoms with E-state index in [9.17, 15) is 19.6 Å². The molecule has 1 aromatic rings. The van der Waals surface area contributed by atoms with Gasteiger partial charge in [-0.1, -0.05) is 13.8 Å². The Morgan fingerprint density at radius 2 is 2.27 bits per heavy atom. The number of esters is 1. The molecule has 0 aromatic carbocycles. The van der Waals surface area contributed by atoms with Crippen LogP contribution in [0.15, 0.2) is 22.8 Å².